The number of phosphoric acid groups is 2. The first-order valence-electron chi connectivity index (χ1n) is 39.8. The molecular formula is C77H150O17P2. The first-order valence-corrected chi connectivity index (χ1v) is 42.8. The molecule has 0 aromatic carbocycles. The molecule has 0 fully saturated rings. The minimum Gasteiger partial charge on any atom is -0.462 e. The van der Waals surface area contributed by atoms with Gasteiger partial charge in [0.15, 0.2) is 12.2 Å². The molecule has 7 atom stereocenters. The molecule has 0 aromatic heterocycles. The van der Waals surface area contributed by atoms with E-state index in [1.807, 2.05) is 0 Å². The molecule has 0 radical (unpaired) electrons. The van der Waals surface area contributed by atoms with Crippen LogP contribution in [0.25, 0.3) is 0 Å². The van der Waals surface area contributed by atoms with Crippen LogP contribution in [0.3, 0.4) is 0 Å². The summed E-state index contributed by atoms with van der Waals surface area (Å²) < 4.78 is 68.5. The summed E-state index contributed by atoms with van der Waals surface area (Å²) in [5.41, 5.74) is 0. The van der Waals surface area contributed by atoms with Crippen LogP contribution in [0.5, 0.6) is 0 Å². The zero-order chi connectivity index (χ0) is 71.0. The highest BCUT2D eigenvalue weighted by Gasteiger charge is 2.30. The van der Waals surface area contributed by atoms with E-state index in [4.69, 9.17) is 37.0 Å². The second kappa shape index (κ2) is 66.3. The SMILES string of the molecule is CCC(C)CCCCCCCCCCCCCCCCCCCCC(=O)OC[C@H](COP(=O)(O)OC[C@@H](O)COP(=O)(O)OC[C@@H](COC(=O)CCCCCCCCC(C)CC)OC(=O)CCCCCCCCCCC(C)C)OC(=O)CCCCCCCCCCCCC(C)C. The summed E-state index contributed by atoms with van der Waals surface area (Å²) in [6.45, 7) is 14.2. The van der Waals surface area contributed by atoms with Gasteiger partial charge < -0.3 is 33.8 Å². The van der Waals surface area contributed by atoms with Gasteiger partial charge in [-0.05, 0) is 49.4 Å². The summed E-state index contributed by atoms with van der Waals surface area (Å²) in [6.07, 6.45) is 51.5. The average molecular weight is 1410 g/mol. The Bertz CT molecular complexity index is 1890. The number of aliphatic hydroxyl groups excluding tert-OH is 1. The van der Waals surface area contributed by atoms with Crippen LogP contribution in [0.15, 0.2) is 0 Å². The molecule has 0 aliphatic rings. The maximum atomic E-state index is 13.1. The monoisotopic (exact) mass is 1410 g/mol. The molecule has 570 valence electrons. The van der Waals surface area contributed by atoms with E-state index in [0.29, 0.717) is 25.7 Å². The Labute approximate surface area is 588 Å². The lowest BCUT2D eigenvalue weighted by atomic mass is 9.99. The molecule has 0 aliphatic heterocycles. The molecule has 0 bridgehead atoms. The third-order valence-corrected chi connectivity index (χ3v) is 20.4. The number of esters is 4. The number of carbonyl (C=O) groups excluding carboxylic acids is 4. The van der Waals surface area contributed by atoms with Gasteiger partial charge in [-0.1, -0.05) is 338 Å². The van der Waals surface area contributed by atoms with Gasteiger partial charge in [-0.25, -0.2) is 9.13 Å². The fraction of sp³-hybridized carbons (Fsp3) is 0.948. The first-order chi connectivity index (χ1) is 46.2. The topological polar surface area (TPSA) is 237 Å². The van der Waals surface area contributed by atoms with Crippen molar-refractivity contribution in [3.8, 4) is 0 Å². The van der Waals surface area contributed by atoms with Crippen LogP contribution in [0.4, 0.5) is 0 Å². The lowest BCUT2D eigenvalue weighted by Gasteiger charge is -2.21. The highest BCUT2D eigenvalue weighted by molar-refractivity contribution is 7.47. The Hall–Kier alpha value is -1.94. The van der Waals surface area contributed by atoms with E-state index in [0.717, 1.165) is 120 Å². The maximum Gasteiger partial charge on any atom is 0.472 e. The van der Waals surface area contributed by atoms with Crippen molar-refractivity contribution < 1.29 is 80.2 Å². The van der Waals surface area contributed by atoms with E-state index in [9.17, 15) is 43.2 Å². The third-order valence-electron chi connectivity index (χ3n) is 18.5. The summed E-state index contributed by atoms with van der Waals surface area (Å²) in [4.78, 5) is 72.8. The summed E-state index contributed by atoms with van der Waals surface area (Å²) in [5, 5.41) is 10.6. The van der Waals surface area contributed by atoms with Crippen LogP contribution < -0.4 is 0 Å². The highest BCUT2D eigenvalue weighted by atomic mass is 31.2. The molecule has 0 heterocycles. The van der Waals surface area contributed by atoms with Crippen molar-refractivity contribution in [2.24, 2.45) is 23.7 Å². The third kappa shape index (κ3) is 67.9. The maximum absolute atomic E-state index is 13.1. The van der Waals surface area contributed by atoms with Crippen molar-refractivity contribution in [1.29, 1.82) is 0 Å². The number of unbranched alkanes of at least 4 members (excludes halogenated alkanes) is 38. The quantitative estimate of drug-likeness (QED) is 0.0222. The number of carbonyl (C=O) groups is 4. The van der Waals surface area contributed by atoms with Crippen LogP contribution in [0, 0.1) is 23.7 Å². The molecule has 3 N–H and O–H groups in total. The molecular weight excluding hydrogens is 1260 g/mol. The number of phosphoric ester groups is 2. The molecule has 4 unspecified atom stereocenters. The van der Waals surface area contributed by atoms with Crippen molar-refractivity contribution in [3.63, 3.8) is 0 Å². The smallest absolute Gasteiger partial charge is 0.462 e. The number of hydrogen-bond acceptors (Lipinski definition) is 15. The summed E-state index contributed by atoms with van der Waals surface area (Å²) >= 11 is 0. The predicted octanol–water partition coefficient (Wildman–Crippen LogP) is 22.4. The molecule has 0 spiro atoms. The van der Waals surface area contributed by atoms with Gasteiger partial charge in [0, 0.05) is 25.7 Å². The molecule has 96 heavy (non-hydrogen) atoms. The second-order valence-corrected chi connectivity index (χ2v) is 32.1. The number of hydrogen-bond donors (Lipinski definition) is 3. The van der Waals surface area contributed by atoms with Crippen molar-refractivity contribution in [3.05, 3.63) is 0 Å². The van der Waals surface area contributed by atoms with E-state index in [2.05, 4.69) is 55.4 Å². The Morgan fingerprint density at radius 2 is 0.500 bits per heavy atom. The van der Waals surface area contributed by atoms with Gasteiger partial charge in [-0.2, -0.15) is 0 Å². The van der Waals surface area contributed by atoms with Crippen molar-refractivity contribution in [2.75, 3.05) is 39.6 Å². The molecule has 0 aliphatic carbocycles. The van der Waals surface area contributed by atoms with Gasteiger partial charge in [0.25, 0.3) is 0 Å². The number of ether oxygens (including phenoxy) is 4. The normalized spacial score (nSPS) is 14.7. The van der Waals surface area contributed by atoms with Gasteiger partial charge >= 0.3 is 39.5 Å². The Kier molecular flexibility index (Phi) is 65.0. The number of rotatable bonds is 74. The van der Waals surface area contributed by atoms with Crippen LogP contribution in [-0.4, -0.2) is 96.7 Å². The Balaban J connectivity index is 5.17. The minimum atomic E-state index is -4.96. The largest absolute Gasteiger partial charge is 0.472 e. The van der Waals surface area contributed by atoms with Crippen molar-refractivity contribution in [1.82, 2.24) is 0 Å². The summed E-state index contributed by atoms with van der Waals surface area (Å²) in [7, 11) is -9.91. The molecule has 19 heteroatoms. The number of aliphatic hydroxyl groups is 1. The summed E-state index contributed by atoms with van der Waals surface area (Å²) in [6, 6.07) is 0. The Morgan fingerprint density at radius 3 is 0.740 bits per heavy atom. The zero-order valence-electron chi connectivity index (χ0n) is 63.0. The highest BCUT2D eigenvalue weighted by Crippen LogP contribution is 2.45. The van der Waals surface area contributed by atoms with Gasteiger partial charge in [0.05, 0.1) is 26.4 Å². The standard InChI is InChI=1S/C77H150O17P2/c1-9-69(7)55-47-39-31-24-19-17-15-13-11-12-14-16-18-20-25-32-41-49-57-74(79)87-63-72(93-76(81)59-51-43-33-26-22-21-23-29-37-45-53-67(3)4)65-91-95(83,84)89-61-71(78)62-90-96(85,86)92-66-73(64-88-75(80)58-50-42-36-35-40-48-56-70(8)10-2)94-77(82)60-52-44-34-28-27-30-38-46-54-68(5)6/h67-73,78H,9-66H2,1-8H3,(H,83,84)(H,85,86)/t69?,70?,71-,72-,73-/m1/s1. The molecule has 17 nitrogen and oxygen atoms in total. The molecule has 0 saturated heterocycles. The molecule has 0 saturated carbocycles. The van der Waals surface area contributed by atoms with Gasteiger partial charge in [0.1, 0.15) is 19.3 Å². The van der Waals surface area contributed by atoms with Crippen LogP contribution in [0.2, 0.25) is 0 Å². The fourth-order valence-electron chi connectivity index (χ4n) is 11.7. The van der Waals surface area contributed by atoms with E-state index in [-0.39, 0.29) is 25.7 Å². The lowest BCUT2D eigenvalue weighted by molar-refractivity contribution is -0.161. The zero-order valence-corrected chi connectivity index (χ0v) is 64.8. The van der Waals surface area contributed by atoms with E-state index in [1.165, 1.54) is 186 Å². The fourth-order valence-corrected chi connectivity index (χ4v) is 13.2. The average Bonchev–Trinajstić information content (AvgIpc) is 1.08. The second-order valence-electron chi connectivity index (χ2n) is 29.2. The Morgan fingerprint density at radius 1 is 0.292 bits per heavy atom. The lowest BCUT2D eigenvalue weighted by Crippen LogP contribution is -2.30. The van der Waals surface area contributed by atoms with Crippen molar-refractivity contribution in [2.45, 2.75) is 408 Å². The van der Waals surface area contributed by atoms with Crippen molar-refractivity contribution >= 4 is 39.5 Å². The molecule has 0 amide bonds. The molecule has 0 aromatic rings. The minimum absolute atomic E-state index is 0.103. The molecule has 0 rings (SSSR count). The van der Waals surface area contributed by atoms with Gasteiger partial charge in [-0.3, -0.25) is 37.3 Å². The van der Waals surface area contributed by atoms with Gasteiger partial charge in [-0.15, -0.1) is 0 Å². The van der Waals surface area contributed by atoms with Gasteiger partial charge in [0.2, 0.25) is 0 Å². The first kappa shape index (κ1) is 94.1. The van der Waals surface area contributed by atoms with E-state index < -0.39 is 97.5 Å². The van der Waals surface area contributed by atoms with Crippen LogP contribution >= 0.6 is 15.6 Å². The summed E-state index contributed by atoms with van der Waals surface area (Å²) in [5.74, 6) is 0.951. The van der Waals surface area contributed by atoms with E-state index >= 15 is 0 Å². The van der Waals surface area contributed by atoms with E-state index in [1.54, 1.807) is 0 Å². The predicted molar refractivity (Wildman–Crippen MR) is 391 cm³/mol. The van der Waals surface area contributed by atoms with Crippen LogP contribution in [0.1, 0.15) is 389 Å². The van der Waals surface area contributed by atoms with Crippen LogP contribution in [-0.2, 0) is 65.4 Å².